The molecule has 2 heterocycles. The molecule has 1 amide bonds. The standard InChI is InChI=1S/C21H20N2O5/c1-25-17-5-2-14(3-6-17)8-9-22-21(24)12-16-11-19(28-23-16)15-4-7-18-20(10-15)27-13-26-18/h2-7,10-11H,8-9,12-13H2,1H3,(H,22,24). The molecule has 1 aromatic heterocycles. The Kier molecular flexibility index (Phi) is 5.14. The second-order valence-electron chi connectivity index (χ2n) is 6.38. The minimum atomic E-state index is -0.0981. The van der Waals surface area contributed by atoms with Crippen molar-refractivity contribution in [3.8, 4) is 28.6 Å². The van der Waals surface area contributed by atoms with Crippen molar-refractivity contribution in [1.82, 2.24) is 10.5 Å². The maximum absolute atomic E-state index is 12.2. The number of rotatable bonds is 7. The highest BCUT2D eigenvalue weighted by molar-refractivity contribution is 5.78. The van der Waals surface area contributed by atoms with E-state index in [1.807, 2.05) is 42.5 Å². The topological polar surface area (TPSA) is 82.8 Å². The lowest BCUT2D eigenvalue weighted by molar-refractivity contribution is -0.120. The molecule has 0 saturated heterocycles. The molecule has 0 aliphatic carbocycles. The van der Waals surface area contributed by atoms with Crippen molar-refractivity contribution >= 4 is 5.91 Å². The fourth-order valence-electron chi connectivity index (χ4n) is 2.95. The van der Waals surface area contributed by atoms with Gasteiger partial charge in [0.15, 0.2) is 17.3 Å². The minimum absolute atomic E-state index is 0.0981. The third kappa shape index (κ3) is 4.09. The van der Waals surface area contributed by atoms with Crippen LogP contribution in [0.15, 0.2) is 53.1 Å². The minimum Gasteiger partial charge on any atom is -0.497 e. The summed E-state index contributed by atoms with van der Waals surface area (Å²) in [6, 6.07) is 15.1. The Labute approximate surface area is 162 Å². The number of carbonyl (C=O) groups excluding carboxylic acids is 1. The maximum atomic E-state index is 12.2. The molecule has 1 aliphatic heterocycles. The van der Waals surface area contributed by atoms with Crippen molar-refractivity contribution in [2.24, 2.45) is 0 Å². The fourth-order valence-corrected chi connectivity index (χ4v) is 2.95. The van der Waals surface area contributed by atoms with E-state index in [0.717, 1.165) is 23.3 Å². The van der Waals surface area contributed by atoms with Crippen LogP contribution in [0.25, 0.3) is 11.3 Å². The number of aromatic nitrogens is 1. The highest BCUT2D eigenvalue weighted by Crippen LogP contribution is 2.36. The molecule has 2 aromatic carbocycles. The first-order valence-electron chi connectivity index (χ1n) is 8.96. The summed E-state index contributed by atoms with van der Waals surface area (Å²) in [4.78, 5) is 12.2. The van der Waals surface area contributed by atoms with Gasteiger partial charge in [-0.1, -0.05) is 17.3 Å². The number of hydrogen-bond acceptors (Lipinski definition) is 6. The van der Waals surface area contributed by atoms with Crippen LogP contribution in [0.2, 0.25) is 0 Å². The molecule has 144 valence electrons. The Balaban J connectivity index is 1.29. The number of carbonyl (C=O) groups is 1. The zero-order chi connectivity index (χ0) is 19.3. The monoisotopic (exact) mass is 380 g/mol. The number of nitrogens with one attached hydrogen (secondary N) is 1. The molecule has 7 nitrogen and oxygen atoms in total. The number of fused-ring (bicyclic) bond motifs is 1. The number of nitrogens with zero attached hydrogens (tertiary/aromatic N) is 1. The molecule has 0 fully saturated rings. The highest BCUT2D eigenvalue weighted by Gasteiger charge is 2.16. The van der Waals surface area contributed by atoms with Gasteiger partial charge in [-0.25, -0.2) is 0 Å². The van der Waals surface area contributed by atoms with Crippen LogP contribution in [0.4, 0.5) is 0 Å². The van der Waals surface area contributed by atoms with Crippen molar-refractivity contribution in [2.45, 2.75) is 12.8 Å². The molecule has 28 heavy (non-hydrogen) atoms. The molecule has 0 bridgehead atoms. The lowest BCUT2D eigenvalue weighted by atomic mass is 10.1. The van der Waals surface area contributed by atoms with Crippen LogP contribution in [-0.2, 0) is 17.6 Å². The van der Waals surface area contributed by atoms with E-state index in [2.05, 4.69) is 10.5 Å². The summed E-state index contributed by atoms with van der Waals surface area (Å²) in [5.41, 5.74) is 2.53. The number of methoxy groups -OCH3 is 1. The lowest BCUT2D eigenvalue weighted by Gasteiger charge is -2.05. The van der Waals surface area contributed by atoms with E-state index in [4.69, 9.17) is 18.7 Å². The van der Waals surface area contributed by atoms with E-state index in [1.54, 1.807) is 13.2 Å². The normalized spacial score (nSPS) is 12.0. The lowest BCUT2D eigenvalue weighted by Crippen LogP contribution is -2.27. The van der Waals surface area contributed by atoms with E-state index >= 15 is 0 Å². The molecule has 0 unspecified atom stereocenters. The molecule has 0 saturated carbocycles. The second-order valence-corrected chi connectivity index (χ2v) is 6.38. The van der Waals surface area contributed by atoms with Crippen molar-refractivity contribution in [3.05, 3.63) is 59.8 Å². The molecule has 4 rings (SSSR count). The number of hydrogen-bond donors (Lipinski definition) is 1. The summed E-state index contributed by atoms with van der Waals surface area (Å²) in [5.74, 6) is 2.68. The van der Waals surface area contributed by atoms with E-state index in [1.165, 1.54) is 0 Å². The van der Waals surface area contributed by atoms with Crippen LogP contribution in [0.3, 0.4) is 0 Å². The van der Waals surface area contributed by atoms with Gasteiger partial charge in [-0.2, -0.15) is 0 Å². The van der Waals surface area contributed by atoms with Crippen LogP contribution in [0.1, 0.15) is 11.3 Å². The van der Waals surface area contributed by atoms with Gasteiger partial charge in [0.05, 0.1) is 19.2 Å². The smallest absolute Gasteiger partial charge is 0.231 e. The Hall–Kier alpha value is -3.48. The Morgan fingerprint density at radius 1 is 1.11 bits per heavy atom. The zero-order valence-electron chi connectivity index (χ0n) is 15.4. The van der Waals surface area contributed by atoms with Crippen LogP contribution in [0, 0.1) is 0 Å². The SMILES string of the molecule is COc1ccc(CCNC(=O)Cc2cc(-c3ccc4c(c3)OCO4)on2)cc1. The predicted octanol–water partition coefficient (Wildman–Crippen LogP) is 2.98. The molecule has 1 aliphatic rings. The molecular formula is C21H20N2O5. The first kappa shape index (κ1) is 17.9. The highest BCUT2D eigenvalue weighted by atomic mass is 16.7. The molecule has 0 radical (unpaired) electrons. The van der Waals surface area contributed by atoms with E-state index < -0.39 is 0 Å². The van der Waals surface area contributed by atoms with Gasteiger partial charge in [0.2, 0.25) is 12.7 Å². The largest absolute Gasteiger partial charge is 0.497 e. The van der Waals surface area contributed by atoms with Gasteiger partial charge in [0.1, 0.15) is 5.75 Å². The maximum Gasteiger partial charge on any atom is 0.231 e. The Morgan fingerprint density at radius 3 is 2.75 bits per heavy atom. The van der Waals surface area contributed by atoms with Gasteiger partial charge in [-0.15, -0.1) is 0 Å². The quantitative estimate of drug-likeness (QED) is 0.679. The molecular weight excluding hydrogens is 360 g/mol. The third-order valence-corrected chi connectivity index (χ3v) is 4.45. The Bertz CT molecular complexity index is 965. The predicted molar refractivity (Wildman–Crippen MR) is 101 cm³/mol. The Morgan fingerprint density at radius 2 is 1.93 bits per heavy atom. The first-order valence-corrected chi connectivity index (χ1v) is 8.96. The van der Waals surface area contributed by atoms with Gasteiger partial charge in [-0.3, -0.25) is 4.79 Å². The average molecular weight is 380 g/mol. The van der Waals surface area contributed by atoms with Crippen LogP contribution in [-0.4, -0.2) is 31.5 Å². The first-order chi connectivity index (χ1) is 13.7. The van der Waals surface area contributed by atoms with Gasteiger partial charge in [0.25, 0.3) is 0 Å². The number of benzene rings is 2. The van der Waals surface area contributed by atoms with Crippen molar-refractivity contribution in [1.29, 1.82) is 0 Å². The molecule has 0 spiro atoms. The summed E-state index contributed by atoms with van der Waals surface area (Å²) in [5, 5.41) is 6.89. The summed E-state index contributed by atoms with van der Waals surface area (Å²) in [6.45, 7) is 0.773. The summed E-state index contributed by atoms with van der Waals surface area (Å²) in [6.07, 6.45) is 0.910. The summed E-state index contributed by atoms with van der Waals surface area (Å²) < 4.78 is 21.2. The van der Waals surface area contributed by atoms with Gasteiger partial charge >= 0.3 is 0 Å². The van der Waals surface area contributed by atoms with E-state index in [-0.39, 0.29) is 19.1 Å². The second kappa shape index (κ2) is 8.04. The summed E-state index contributed by atoms with van der Waals surface area (Å²) in [7, 11) is 1.64. The number of ether oxygens (including phenoxy) is 3. The third-order valence-electron chi connectivity index (χ3n) is 4.45. The average Bonchev–Trinajstić information content (AvgIpc) is 3.37. The van der Waals surface area contributed by atoms with Crippen LogP contribution in [0.5, 0.6) is 17.2 Å². The fraction of sp³-hybridized carbons (Fsp3) is 0.238. The van der Waals surface area contributed by atoms with Crippen molar-refractivity contribution < 1.29 is 23.5 Å². The van der Waals surface area contributed by atoms with Crippen molar-refractivity contribution in [2.75, 3.05) is 20.4 Å². The molecule has 7 heteroatoms. The van der Waals surface area contributed by atoms with Gasteiger partial charge < -0.3 is 24.1 Å². The van der Waals surface area contributed by atoms with E-state index in [0.29, 0.717) is 29.5 Å². The van der Waals surface area contributed by atoms with Crippen LogP contribution < -0.4 is 19.5 Å². The van der Waals surface area contributed by atoms with E-state index in [9.17, 15) is 4.79 Å². The van der Waals surface area contributed by atoms with Gasteiger partial charge in [0, 0.05) is 18.2 Å². The number of amides is 1. The van der Waals surface area contributed by atoms with Crippen molar-refractivity contribution in [3.63, 3.8) is 0 Å². The molecule has 0 atom stereocenters. The van der Waals surface area contributed by atoms with Gasteiger partial charge in [-0.05, 0) is 42.3 Å². The summed E-state index contributed by atoms with van der Waals surface area (Å²) >= 11 is 0. The van der Waals surface area contributed by atoms with Crippen LogP contribution >= 0.6 is 0 Å². The molecule has 1 N–H and O–H groups in total. The zero-order valence-corrected chi connectivity index (χ0v) is 15.4. The molecule has 3 aromatic rings.